The Bertz CT molecular complexity index is 1440. The second kappa shape index (κ2) is 39.4. The molecule has 0 saturated heterocycles. The van der Waals surface area contributed by atoms with Gasteiger partial charge in [0.25, 0.3) is 0 Å². The molecule has 15 nitrogen and oxygen atoms in total. The molecule has 4 heterocycles. The van der Waals surface area contributed by atoms with E-state index in [1.54, 1.807) is 94.1 Å². The molecule has 11 N–H and O–H groups in total. The van der Waals surface area contributed by atoms with Crippen molar-refractivity contribution in [1.29, 1.82) is 0 Å². The molecule has 60 heavy (non-hydrogen) atoms. The molecule has 346 valence electrons. The number of nitrogens with two attached hydrogens (primary N) is 4. The number of nitrogens with zero attached hydrogens (tertiary/aromatic N) is 4. The summed E-state index contributed by atoms with van der Waals surface area (Å²) >= 11 is 18.7. The summed E-state index contributed by atoms with van der Waals surface area (Å²) in [7, 11) is 3.00. The Morgan fingerprint density at radius 3 is 0.717 bits per heavy atom. The van der Waals surface area contributed by atoms with Crippen LogP contribution in [0.1, 0.15) is 0 Å². The Labute approximate surface area is 424 Å². The summed E-state index contributed by atoms with van der Waals surface area (Å²) in [5.74, 6) is -1.64. The van der Waals surface area contributed by atoms with E-state index < -0.39 is 23.6 Å². The summed E-state index contributed by atoms with van der Waals surface area (Å²) in [6.07, 6.45) is 8.17. The van der Waals surface area contributed by atoms with E-state index in [9.17, 15) is 20.4 Å². The van der Waals surface area contributed by atoms with E-state index in [0.717, 1.165) is 38.3 Å². The smallest absolute Gasteiger partial charge is 0.858 e. The van der Waals surface area contributed by atoms with Crippen LogP contribution in [0.5, 0.6) is 0 Å². The van der Waals surface area contributed by atoms with Crippen LogP contribution in [0.3, 0.4) is 0 Å². The Morgan fingerprint density at radius 2 is 0.567 bits per heavy atom. The molecule has 0 aromatic carbocycles. The number of hydrogen-bond acceptors (Lipinski definition) is 27. The fraction of sp³-hybridized carbons (Fsp3) is 0.484. The van der Waals surface area contributed by atoms with E-state index in [1.165, 1.54) is 64.0 Å². The van der Waals surface area contributed by atoms with Gasteiger partial charge in [-0.15, -0.1) is 47.0 Å². The van der Waals surface area contributed by atoms with Gasteiger partial charge in [-0.2, -0.15) is 0 Å². The fourth-order valence-corrected chi connectivity index (χ4v) is 19.0. The SMILES string of the molecule is CO.CO.CO.CSC1=C(SC)SC(=C2SC(C([O-])=NCCN)=C(C([O-])=NCCN)S2)S1.CSC1=C(SC)SC(=C2SC(C([O-])=NCCN)=C(C([O-])=NCCN)S2)S1.[Ni+2].[Ni+2]. The molecule has 4 aliphatic heterocycles. The van der Waals surface area contributed by atoms with Gasteiger partial charge in [-0.3, -0.25) is 20.0 Å². The van der Waals surface area contributed by atoms with E-state index in [2.05, 4.69) is 20.0 Å². The molecule has 0 aromatic heterocycles. The van der Waals surface area contributed by atoms with Gasteiger partial charge in [0.2, 0.25) is 0 Å². The second-order valence-electron chi connectivity index (χ2n) is 9.15. The average molecular weight is 1150 g/mol. The van der Waals surface area contributed by atoms with E-state index >= 15 is 0 Å². The van der Waals surface area contributed by atoms with Crippen LogP contribution in [0.2, 0.25) is 0 Å². The molecular formula is C31H48N8Ni2O7S12. The Hall–Kier alpha value is 1.23. The van der Waals surface area contributed by atoms with Gasteiger partial charge >= 0.3 is 33.0 Å². The molecular weight excluding hydrogens is 1100 g/mol. The van der Waals surface area contributed by atoms with Crippen LogP contribution in [-0.2, 0) is 33.0 Å². The molecule has 0 radical (unpaired) electrons. The monoisotopic (exact) mass is 1140 g/mol. The summed E-state index contributed by atoms with van der Waals surface area (Å²) in [5, 5.41) is 70.6. The number of aliphatic imine (C=N–C) groups is 4. The summed E-state index contributed by atoms with van der Waals surface area (Å²) in [6, 6.07) is 0. The van der Waals surface area contributed by atoms with Crippen molar-refractivity contribution in [2.75, 3.05) is 98.7 Å². The number of hydrogen-bond donors (Lipinski definition) is 7. The van der Waals surface area contributed by atoms with Crippen LogP contribution in [0.25, 0.3) is 0 Å². The van der Waals surface area contributed by atoms with Crippen LogP contribution in [-0.4, -0.2) is 138 Å². The number of aliphatic hydroxyl groups is 3. The minimum Gasteiger partial charge on any atom is -0.858 e. The van der Waals surface area contributed by atoms with Crippen LogP contribution in [0.15, 0.2) is 73.5 Å². The van der Waals surface area contributed by atoms with Gasteiger partial charge in [0.05, 0.1) is 60.1 Å². The van der Waals surface area contributed by atoms with Gasteiger partial charge in [0.15, 0.2) is 0 Å². The molecule has 0 unspecified atom stereocenters. The number of rotatable bonds is 16. The zero-order valence-electron chi connectivity index (χ0n) is 33.3. The largest absolute Gasteiger partial charge is 2.00 e. The molecule has 29 heteroatoms. The van der Waals surface area contributed by atoms with Crippen molar-refractivity contribution in [2.45, 2.75) is 0 Å². The predicted molar refractivity (Wildman–Crippen MR) is 267 cm³/mol. The first-order valence-electron chi connectivity index (χ1n) is 16.2. The Balaban J connectivity index is -0.000000935. The van der Waals surface area contributed by atoms with Crippen molar-refractivity contribution in [1.82, 2.24) is 0 Å². The van der Waals surface area contributed by atoms with Crippen molar-refractivity contribution >= 4 is 165 Å². The summed E-state index contributed by atoms with van der Waals surface area (Å²) in [5.41, 5.74) is 21.7. The minimum absolute atomic E-state index is 0. The van der Waals surface area contributed by atoms with Gasteiger partial charge in [-0.05, 0) is 48.6 Å². The van der Waals surface area contributed by atoms with Crippen LogP contribution < -0.4 is 43.4 Å². The molecule has 0 spiro atoms. The maximum absolute atomic E-state index is 12.4. The zero-order valence-corrected chi connectivity index (χ0v) is 45.0. The molecule has 0 aromatic rings. The molecule has 0 atom stereocenters. The second-order valence-corrected chi connectivity index (χ2v) is 22.6. The Kier molecular flexibility index (Phi) is 43.0. The van der Waals surface area contributed by atoms with Crippen molar-refractivity contribution in [3.05, 3.63) is 53.5 Å². The molecule has 0 saturated carbocycles. The molecule has 0 amide bonds. The topological polar surface area (TPSA) is 306 Å². The quantitative estimate of drug-likeness (QED) is 0.0660. The third kappa shape index (κ3) is 21.2. The third-order valence-electron chi connectivity index (χ3n) is 5.66. The Morgan fingerprint density at radius 1 is 0.400 bits per heavy atom. The first-order valence-corrected chi connectivity index (χ1v) is 27.6. The molecule has 4 rings (SSSR count). The van der Waals surface area contributed by atoms with Gasteiger partial charge in [-0.1, -0.05) is 94.1 Å². The van der Waals surface area contributed by atoms with Crippen LogP contribution >= 0.6 is 141 Å². The predicted octanol–water partition coefficient (Wildman–Crippen LogP) is 1.96. The number of aliphatic hydroxyl groups excluding tert-OH is 3. The average Bonchev–Trinajstić information content (AvgIpc) is 4.09. The van der Waals surface area contributed by atoms with Crippen LogP contribution in [0.4, 0.5) is 0 Å². The zero-order chi connectivity index (χ0) is 44.2. The number of thioether (sulfide) groups is 12. The molecule has 0 fully saturated rings. The summed E-state index contributed by atoms with van der Waals surface area (Å²) in [4.78, 5) is 17.1. The van der Waals surface area contributed by atoms with Crippen molar-refractivity contribution in [3.63, 3.8) is 0 Å². The molecule has 4 aliphatic rings. The summed E-state index contributed by atoms with van der Waals surface area (Å²) < 4.78 is 8.96. The van der Waals surface area contributed by atoms with Gasteiger partial charge in [0, 0.05) is 67.1 Å². The van der Waals surface area contributed by atoms with Crippen molar-refractivity contribution in [3.8, 4) is 0 Å². The standard InChI is InChI=1S/2C14H20N4O2S6.3CH4O.2Ni/c2*1-21-11-12(22-2)26-14(25-11)13-23-7(9(19)17-5-3-15)8(24-13)10(20)18-6-4-16;3*1-2;;/h2*3-6,15-16H2,1-2H3,(H,17,19)(H,18,20);3*2H,1H3;;/q;;;;;2*+2/p-4. The summed E-state index contributed by atoms with van der Waals surface area (Å²) in [6.45, 7) is 2.09. The maximum Gasteiger partial charge on any atom is 2.00 e. The molecule has 0 aliphatic carbocycles. The van der Waals surface area contributed by atoms with Gasteiger partial charge in [0.1, 0.15) is 0 Å². The normalized spacial score (nSPS) is 17.1. The third-order valence-corrected chi connectivity index (χ3v) is 22.3. The van der Waals surface area contributed by atoms with Crippen LogP contribution in [0, 0.1) is 0 Å². The van der Waals surface area contributed by atoms with Gasteiger partial charge < -0.3 is 58.7 Å². The van der Waals surface area contributed by atoms with Gasteiger partial charge in [-0.25, -0.2) is 0 Å². The molecule has 0 bridgehead atoms. The minimum atomic E-state index is -0.411. The van der Waals surface area contributed by atoms with E-state index in [1.807, 2.05) is 25.0 Å². The van der Waals surface area contributed by atoms with E-state index in [4.69, 9.17) is 38.3 Å². The fourth-order valence-electron chi connectivity index (χ4n) is 3.49. The van der Waals surface area contributed by atoms with Crippen molar-refractivity contribution < 1.29 is 68.7 Å². The van der Waals surface area contributed by atoms with E-state index in [0.29, 0.717) is 19.6 Å². The van der Waals surface area contributed by atoms with E-state index in [-0.39, 0.29) is 85.3 Å². The first-order chi connectivity index (χ1) is 28.1. The van der Waals surface area contributed by atoms with Crippen molar-refractivity contribution in [2.24, 2.45) is 42.9 Å². The maximum atomic E-state index is 12.4. The first kappa shape index (κ1) is 65.5.